The lowest BCUT2D eigenvalue weighted by atomic mass is 10.0. The van der Waals surface area contributed by atoms with Gasteiger partial charge in [0, 0.05) is 63.0 Å². The van der Waals surface area contributed by atoms with Gasteiger partial charge in [-0.05, 0) is 49.1 Å². The van der Waals surface area contributed by atoms with Crippen molar-refractivity contribution in [2.45, 2.75) is 25.3 Å². The van der Waals surface area contributed by atoms with Crippen LogP contribution in [0.3, 0.4) is 0 Å². The molecular formula is C30H34ClF2N5O6S. The number of amides is 5. The Bertz CT molecular complexity index is 1610. The van der Waals surface area contributed by atoms with Gasteiger partial charge in [0.15, 0.2) is 0 Å². The van der Waals surface area contributed by atoms with Gasteiger partial charge in [-0.1, -0.05) is 23.7 Å². The van der Waals surface area contributed by atoms with E-state index in [-0.39, 0.29) is 46.3 Å². The highest BCUT2D eigenvalue weighted by molar-refractivity contribution is 7.90. The van der Waals surface area contributed by atoms with Crippen LogP contribution in [0.5, 0.6) is 0 Å². The van der Waals surface area contributed by atoms with E-state index in [1.165, 1.54) is 37.4 Å². The second-order valence-corrected chi connectivity index (χ2v) is 13.7. The normalized spacial score (nSPS) is 16.0. The smallest absolute Gasteiger partial charge is 0.322 e. The molecule has 0 saturated carbocycles. The number of fused-ring (bicyclic) bond motifs is 1. The fourth-order valence-electron chi connectivity index (χ4n) is 5.29. The number of carbonyl (C=O) groups excluding carboxylic acids is 4. The fraction of sp³-hybridized carbons (Fsp3) is 0.400. The molecule has 5 amide bonds. The molecule has 2 aromatic carbocycles. The maximum atomic E-state index is 14.3. The molecule has 0 unspecified atom stereocenters. The Hall–Kier alpha value is -4.04. The van der Waals surface area contributed by atoms with E-state index in [0.29, 0.717) is 56.6 Å². The van der Waals surface area contributed by atoms with Gasteiger partial charge in [0.2, 0.25) is 12.3 Å². The Balaban J connectivity index is 1.44. The van der Waals surface area contributed by atoms with Crippen molar-refractivity contribution in [3.63, 3.8) is 0 Å². The quantitative estimate of drug-likeness (QED) is 0.307. The van der Waals surface area contributed by atoms with Gasteiger partial charge in [0.1, 0.15) is 28.0 Å². The number of hydrogen-bond acceptors (Lipinski definition) is 6. The zero-order chi connectivity index (χ0) is 32.9. The summed E-state index contributed by atoms with van der Waals surface area (Å²) in [5, 5.41) is 2.45. The molecule has 0 bridgehead atoms. The number of piperidine rings is 1. The molecule has 0 spiro atoms. The first-order valence-electron chi connectivity index (χ1n) is 14.2. The maximum absolute atomic E-state index is 14.3. The number of benzene rings is 2. The Kier molecular flexibility index (Phi) is 10.8. The third-order valence-corrected chi connectivity index (χ3v) is 9.12. The minimum absolute atomic E-state index is 0.0337. The molecule has 2 aromatic rings. The van der Waals surface area contributed by atoms with Crippen LogP contribution in [0.2, 0.25) is 5.02 Å². The Morgan fingerprint density at radius 3 is 2.51 bits per heavy atom. The van der Waals surface area contributed by atoms with Crippen LogP contribution in [0, 0.1) is 11.6 Å². The molecule has 242 valence electrons. The van der Waals surface area contributed by atoms with Crippen molar-refractivity contribution < 1.29 is 36.4 Å². The van der Waals surface area contributed by atoms with Crippen molar-refractivity contribution >= 4 is 57.0 Å². The van der Waals surface area contributed by atoms with Gasteiger partial charge in [-0.2, -0.15) is 0 Å². The molecule has 4 rings (SSSR count). The van der Waals surface area contributed by atoms with E-state index < -0.39 is 34.0 Å². The van der Waals surface area contributed by atoms with E-state index >= 15 is 0 Å². The average Bonchev–Trinajstić information content (AvgIpc) is 3.16. The largest absolute Gasteiger partial charge is 0.341 e. The molecular weight excluding hydrogens is 632 g/mol. The predicted molar refractivity (Wildman–Crippen MR) is 165 cm³/mol. The standard InChI is InChI=1S/C30H34ClF2N5O6S/c1-35(14-15-45(2,43)44)29(41)24(23-4-3-5-25(33)28(23)31)17-36(19-39)18-27(40)37-11-9-22(10-12-37)38-13-8-20-16-21(32)6-7-26(20)34-30(38)42/h3-7,16-17,19,22H,8-15,18H2,1-2H3,(H,34,42)/b24-17-. The van der Waals surface area contributed by atoms with Crippen LogP contribution in [0.4, 0.5) is 19.3 Å². The first kappa shape index (κ1) is 33.8. The number of halogens is 3. The number of carbonyl (C=O) groups is 4. The molecule has 2 aliphatic rings. The Morgan fingerprint density at radius 1 is 1.13 bits per heavy atom. The number of sulfone groups is 1. The number of hydrogen-bond donors (Lipinski definition) is 1. The molecule has 2 aliphatic heterocycles. The summed E-state index contributed by atoms with van der Waals surface area (Å²) in [6.07, 6.45) is 3.91. The second kappa shape index (κ2) is 14.4. The van der Waals surface area contributed by atoms with Crippen LogP contribution in [0.25, 0.3) is 5.57 Å². The first-order valence-corrected chi connectivity index (χ1v) is 16.7. The highest BCUT2D eigenvalue weighted by atomic mass is 35.5. The van der Waals surface area contributed by atoms with Crippen molar-refractivity contribution in [1.82, 2.24) is 19.6 Å². The highest BCUT2D eigenvalue weighted by Gasteiger charge is 2.32. The first-order chi connectivity index (χ1) is 21.3. The zero-order valence-corrected chi connectivity index (χ0v) is 26.4. The van der Waals surface area contributed by atoms with Gasteiger partial charge < -0.3 is 24.9 Å². The molecule has 1 saturated heterocycles. The maximum Gasteiger partial charge on any atom is 0.322 e. The van der Waals surface area contributed by atoms with Crippen molar-refractivity contribution in [2.75, 3.05) is 57.1 Å². The molecule has 1 N–H and O–H groups in total. The minimum atomic E-state index is -3.40. The van der Waals surface area contributed by atoms with Gasteiger partial charge in [0.25, 0.3) is 5.91 Å². The average molecular weight is 666 g/mol. The summed E-state index contributed by atoms with van der Waals surface area (Å²) in [5.74, 6) is -2.65. The lowest BCUT2D eigenvalue weighted by Crippen LogP contribution is -2.51. The minimum Gasteiger partial charge on any atom is -0.341 e. The molecule has 0 aromatic heterocycles. The van der Waals surface area contributed by atoms with Crippen LogP contribution in [-0.2, 0) is 30.6 Å². The fourth-order valence-corrected chi connectivity index (χ4v) is 6.13. The Labute approximate surface area is 265 Å². The molecule has 15 heteroatoms. The lowest BCUT2D eigenvalue weighted by Gasteiger charge is -2.38. The van der Waals surface area contributed by atoms with E-state index in [1.54, 1.807) is 9.80 Å². The number of rotatable bonds is 10. The third kappa shape index (κ3) is 8.57. The second-order valence-electron chi connectivity index (χ2n) is 11.1. The number of urea groups is 1. The van der Waals surface area contributed by atoms with E-state index in [0.717, 1.165) is 28.3 Å². The molecule has 1 fully saturated rings. The number of nitrogens with zero attached hydrogens (tertiary/aromatic N) is 4. The molecule has 2 heterocycles. The van der Waals surface area contributed by atoms with E-state index in [2.05, 4.69) is 5.32 Å². The summed E-state index contributed by atoms with van der Waals surface area (Å²) in [6.45, 7) is 0.398. The van der Waals surface area contributed by atoms with E-state index in [4.69, 9.17) is 11.6 Å². The number of likely N-dealkylation sites (tertiary alicyclic amines) is 1. The predicted octanol–water partition coefficient (Wildman–Crippen LogP) is 3.00. The van der Waals surface area contributed by atoms with Crippen molar-refractivity contribution in [2.24, 2.45) is 0 Å². The highest BCUT2D eigenvalue weighted by Crippen LogP contribution is 2.29. The van der Waals surface area contributed by atoms with Gasteiger partial charge in [-0.25, -0.2) is 22.0 Å². The topological polar surface area (TPSA) is 127 Å². The van der Waals surface area contributed by atoms with Crippen molar-refractivity contribution in [3.05, 3.63) is 70.4 Å². The summed E-state index contributed by atoms with van der Waals surface area (Å²) < 4.78 is 51.3. The van der Waals surface area contributed by atoms with Crippen LogP contribution in [0.1, 0.15) is 24.0 Å². The van der Waals surface area contributed by atoms with E-state index in [9.17, 15) is 36.4 Å². The van der Waals surface area contributed by atoms with Gasteiger partial charge in [-0.15, -0.1) is 0 Å². The summed E-state index contributed by atoms with van der Waals surface area (Å²) in [5.41, 5.74) is 1.03. The summed E-state index contributed by atoms with van der Waals surface area (Å²) in [4.78, 5) is 56.9. The van der Waals surface area contributed by atoms with Crippen LogP contribution >= 0.6 is 11.6 Å². The number of anilines is 1. The SMILES string of the molecule is CN(CCS(C)(=O)=O)C(=O)/C(=C\N(C=O)CC(=O)N1CCC(N2CCc3cc(F)ccc3NC2=O)CC1)c1cccc(F)c1Cl. The molecule has 0 aliphatic carbocycles. The van der Waals surface area contributed by atoms with Crippen LogP contribution in [-0.4, -0.2) is 110 Å². The molecule has 0 atom stereocenters. The third-order valence-electron chi connectivity index (χ3n) is 7.81. The van der Waals surface area contributed by atoms with E-state index in [1.807, 2.05) is 0 Å². The number of likely N-dealkylation sites (N-methyl/N-ethyl adjacent to an activating group) is 1. The summed E-state index contributed by atoms with van der Waals surface area (Å²) in [6, 6.07) is 7.59. The number of nitrogens with one attached hydrogen (secondary N) is 1. The van der Waals surface area contributed by atoms with Crippen LogP contribution in [0.15, 0.2) is 42.6 Å². The lowest BCUT2D eigenvalue weighted by molar-refractivity contribution is -0.135. The van der Waals surface area contributed by atoms with Gasteiger partial charge in [0.05, 0.1) is 16.3 Å². The summed E-state index contributed by atoms with van der Waals surface area (Å²) in [7, 11) is -2.04. The van der Waals surface area contributed by atoms with Gasteiger partial charge >= 0.3 is 6.03 Å². The molecule has 45 heavy (non-hydrogen) atoms. The van der Waals surface area contributed by atoms with Gasteiger partial charge in [-0.3, -0.25) is 14.4 Å². The molecule has 11 nitrogen and oxygen atoms in total. The molecule has 0 radical (unpaired) electrons. The Morgan fingerprint density at radius 2 is 1.84 bits per heavy atom. The zero-order valence-electron chi connectivity index (χ0n) is 24.8. The van der Waals surface area contributed by atoms with Crippen LogP contribution < -0.4 is 5.32 Å². The summed E-state index contributed by atoms with van der Waals surface area (Å²) >= 11 is 6.16. The monoisotopic (exact) mass is 665 g/mol. The van der Waals surface area contributed by atoms with Crippen molar-refractivity contribution in [1.29, 1.82) is 0 Å². The van der Waals surface area contributed by atoms with Crippen molar-refractivity contribution in [3.8, 4) is 0 Å².